The third-order valence-corrected chi connectivity index (χ3v) is 5.02. The van der Waals surface area contributed by atoms with Crippen molar-refractivity contribution in [2.75, 3.05) is 0 Å². The number of carbonyl (C=O) groups excluding carboxylic acids is 1. The van der Waals surface area contributed by atoms with Crippen LogP contribution in [0, 0.1) is 11.8 Å². The third kappa shape index (κ3) is 4.33. The molecule has 1 fully saturated rings. The molecule has 2 N–H and O–H groups in total. The first-order chi connectivity index (χ1) is 11.7. The molecule has 2 aliphatic rings. The predicted molar refractivity (Wildman–Crippen MR) is 94.5 cm³/mol. The lowest BCUT2D eigenvalue weighted by Gasteiger charge is -2.29. The lowest BCUT2D eigenvalue weighted by atomic mass is 9.81. The Labute approximate surface area is 148 Å². The van der Waals surface area contributed by atoms with Gasteiger partial charge in [0.1, 0.15) is 5.60 Å². The maximum atomic E-state index is 12.3. The average molecular weight is 345 g/mol. The molecule has 1 amide bonds. The molecule has 5 heteroatoms. The highest BCUT2D eigenvalue weighted by atomic mass is 16.6. The number of carboxylic acid groups (broad SMARTS) is 1. The van der Waals surface area contributed by atoms with Gasteiger partial charge in [-0.05, 0) is 50.7 Å². The first kappa shape index (κ1) is 17.8. The first-order valence-corrected chi connectivity index (χ1v) is 9.04. The van der Waals surface area contributed by atoms with E-state index < -0.39 is 23.6 Å². The van der Waals surface area contributed by atoms with Crippen molar-refractivity contribution in [1.82, 2.24) is 5.32 Å². The van der Waals surface area contributed by atoms with Gasteiger partial charge in [0.05, 0.1) is 5.92 Å². The average Bonchev–Trinajstić information content (AvgIpc) is 3.23. The fourth-order valence-corrected chi connectivity index (χ4v) is 3.84. The van der Waals surface area contributed by atoms with E-state index in [1.807, 2.05) is 45.0 Å². The summed E-state index contributed by atoms with van der Waals surface area (Å²) < 4.78 is 5.38. The molecule has 3 rings (SSSR count). The van der Waals surface area contributed by atoms with Crippen LogP contribution in [0.2, 0.25) is 0 Å². The molecule has 25 heavy (non-hydrogen) atoms. The molecule has 1 aromatic carbocycles. The van der Waals surface area contributed by atoms with E-state index >= 15 is 0 Å². The molecule has 1 aromatic rings. The second-order valence-corrected chi connectivity index (χ2v) is 8.31. The molecule has 0 bridgehead atoms. The number of hydrogen-bond donors (Lipinski definition) is 2. The number of hydrogen-bond acceptors (Lipinski definition) is 3. The first-order valence-electron chi connectivity index (χ1n) is 9.04. The number of carbonyl (C=O) groups is 2. The van der Waals surface area contributed by atoms with Gasteiger partial charge in [-0.3, -0.25) is 4.79 Å². The summed E-state index contributed by atoms with van der Waals surface area (Å²) in [4.78, 5) is 24.2. The Morgan fingerprint density at radius 2 is 1.96 bits per heavy atom. The normalized spacial score (nSPS) is 23.6. The number of rotatable bonds is 5. The predicted octanol–water partition coefficient (Wildman–Crippen LogP) is 3.72. The number of nitrogens with one attached hydrogen (secondary N) is 1. The SMILES string of the molecule is CC(C)(C)OC(=O)N[C@@H]1Cc2ccccc2[C@H]1C(CC1CC1)C(=O)O. The van der Waals surface area contributed by atoms with Gasteiger partial charge >= 0.3 is 12.1 Å². The topological polar surface area (TPSA) is 75.6 Å². The van der Waals surface area contributed by atoms with Gasteiger partial charge in [-0.25, -0.2) is 4.79 Å². The van der Waals surface area contributed by atoms with Gasteiger partial charge < -0.3 is 15.2 Å². The number of carboxylic acids is 1. The van der Waals surface area contributed by atoms with Crippen molar-refractivity contribution in [1.29, 1.82) is 0 Å². The molecule has 0 aromatic heterocycles. The van der Waals surface area contributed by atoms with Gasteiger partial charge in [0, 0.05) is 12.0 Å². The van der Waals surface area contributed by atoms with E-state index in [2.05, 4.69) is 5.32 Å². The Bertz CT molecular complexity index is 660. The fraction of sp³-hybridized carbons (Fsp3) is 0.600. The lowest BCUT2D eigenvalue weighted by molar-refractivity contribution is -0.143. The van der Waals surface area contributed by atoms with Gasteiger partial charge in [0.15, 0.2) is 0 Å². The number of fused-ring (bicyclic) bond motifs is 1. The number of aliphatic carboxylic acids is 1. The van der Waals surface area contributed by atoms with Crippen LogP contribution in [-0.2, 0) is 16.0 Å². The van der Waals surface area contributed by atoms with Crippen LogP contribution in [0.15, 0.2) is 24.3 Å². The second-order valence-electron chi connectivity index (χ2n) is 8.31. The smallest absolute Gasteiger partial charge is 0.407 e. The van der Waals surface area contributed by atoms with Crippen LogP contribution in [0.1, 0.15) is 57.1 Å². The minimum Gasteiger partial charge on any atom is -0.481 e. The molecular weight excluding hydrogens is 318 g/mol. The highest BCUT2D eigenvalue weighted by molar-refractivity contribution is 5.73. The van der Waals surface area contributed by atoms with Crippen molar-refractivity contribution in [2.45, 2.75) is 64.0 Å². The molecule has 0 aliphatic heterocycles. The van der Waals surface area contributed by atoms with Crippen LogP contribution in [0.4, 0.5) is 4.79 Å². The van der Waals surface area contributed by atoms with Crippen LogP contribution >= 0.6 is 0 Å². The molecule has 0 radical (unpaired) electrons. The molecule has 136 valence electrons. The summed E-state index contributed by atoms with van der Waals surface area (Å²) in [7, 11) is 0. The zero-order chi connectivity index (χ0) is 18.2. The zero-order valence-corrected chi connectivity index (χ0v) is 15.1. The van der Waals surface area contributed by atoms with Gasteiger partial charge in [0.2, 0.25) is 0 Å². The number of benzene rings is 1. The van der Waals surface area contributed by atoms with Crippen LogP contribution < -0.4 is 5.32 Å². The summed E-state index contributed by atoms with van der Waals surface area (Å²) in [5.74, 6) is -0.946. The number of amides is 1. The monoisotopic (exact) mass is 345 g/mol. The lowest BCUT2D eigenvalue weighted by Crippen LogP contribution is -2.44. The second kappa shape index (κ2) is 6.70. The van der Waals surface area contributed by atoms with Crippen molar-refractivity contribution in [3.63, 3.8) is 0 Å². The molecule has 0 heterocycles. The molecule has 0 spiro atoms. The molecule has 0 saturated heterocycles. The maximum Gasteiger partial charge on any atom is 0.407 e. The molecule has 5 nitrogen and oxygen atoms in total. The van der Waals surface area contributed by atoms with Crippen molar-refractivity contribution in [3.05, 3.63) is 35.4 Å². The van der Waals surface area contributed by atoms with Gasteiger partial charge in [0.25, 0.3) is 0 Å². The highest BCUT2D eigenvalue weighted by Crippen LogP contribution is 2.45. The van der Waals surface area contributed by atoms with E-state index in [1.165, 1.54) is 0 Å². The molecule has 1 unspecified atom stereocenters. The maximum absolute atomic E-state index is 12.3. The van der Waals surface area contributed by atoms with E-state index in [0.717, 1.165) is 24.0 Å². The van der Waals surface area contributed by atoms with E-state index in [9.17, 15) is 14.7 Å². The fourth-order valence-electron chi connectivity index (χ4n) is 3.84. The summed E-state index contributed by atoms with van der Waals surface area (Å²) in [6.45, 7) is 5.46. The molecule has 3 atom stereocenters. The van der Waals surface area contributed by atoms with E-state index in [-0.39, 0.29) is 12.0 Å². The van der Waals surface area contributed by atoms with Gasteiger partial charge in [-0.1, -0.05) is 37.1 Å². The van der Waals surface area contributed by atoms with Crippen molar-refractivity contribution in [2.24, 2.45) is 11.8 Å². The Kier molecular flexibility index (Phi) is 4.76. The van der Waals surface area contributed by atoms with Crippen molar-refractivity contribution < 1.29 is 19.4 Å². The van der Waals surface area contributed by atoms with E-state index in [1.54, 1.807) is 0 Å². The minimum absolute atomic E-state index is 0.207. The van der Waals surface area contributed by atoms with E-state index in [4.69, 9.17) is 4.74 Å². The number of alkyl carbamates (subject to hydrolysis) is 1. The van der Waals surface area contributed by atoms with Crippen molar-refractivity contribution >= 4 is 12.1 Å². The van der Waals surface area contributed by atoms with Gasteiger partial charge in [-0.2, -0.15) is 0 Å². The quantitative estimate of drug-likeness (QED) is 0.853. The molecule has 1 saturated carbocycles. The standard InChI is InChI=1S/C20H27NO4/c1-20(2,3)25-19(24)21-16-11-13-6-4-5-7-14(13)17(16)15(18(22)23)10-12-8-9-12/h4-7,12,15-17H,8-11H2,1-3H3,(H,21,24)(H,22,23)/t15?,16-,17+/m1/s1. The Morgan fingerprint density at radius 1 is 1.28 bits per heavy atom. The summed E-state index contributed by atoms with van der Waals surface area (Å²) >= 11 is 0. The van der Waals surface area contributed by atoms with Crippen LogP contribution in [0.25, 0.3) is 0 Å². The Hall–Kier alpha value is -2.04. The third-order valence-electron chi connectivity index (χ3n) is 5.02. The van der Waals surface area contributed by atoms with Crippen molar-refractivity contribution in [3.8, 4) is 0 Å². The molecule has 2 aliphatic carbocycles. The van der Waals surface area contributed by atoms with E-state index in [0.29, 0.717) is 18.8 Å². The van der Waals surface area contributed by atoms with Gasteiger partial charge in [-0.15, -0.1) is 0 Å². The zero-order valence-electron chi connectivity index (χ0n) is 15.1. The summed E-state index contributed by atoms with van der Waals surface area (Å²) in [6.07, 6.45) is 3.07. The number of ether oxygens (including phenoxy) is 1. The Morgan fingerprint density at radius 3 is 2.56 bits per heavy atom. The van der Waals surface area contributed by atoms with Crippen LogP contribution in [0.3, 0.4) is 0 Å². The molecular formula is C20H27NO4. The largest absolute Gasteiger partial charge is 0.481 e. The summed E-state index contributed by atoms with van der Waals surface area (Å²) in [5, 5.41) is 12.8. The minimum atomic E-state index is -0.774. The summed E-state index contributed by atoms with van der Waals surface area (Å²) in [6, 6.07) is 7.68. The van der Waals surface area contributed by atoms with Crippen LogP contribution in [0.5, 0.6) is 0 Å². The summed E-state index contributed by atoms with van der Waals surface area (Å²) in [5.41, 5.74) is 1.60. The highest BCUT2D eigenvalue weighted by Gasteiger charge is 2.44. The Balaban J connectivity index is 1.83. The van der Waals surface area contributed by atoms with Crippen LogP contribution in [-0.4, -0.2) is 28.8 Å².